The number of allylic oxidation sites excluding steroid dienone is 12. The standard InChI is InChI=1S/C54H99N2O6P/c1-6-8-10-12-14-16-18-20-22-24-26-28-30-32-34-36-38-40-42-44-46-48-54(58)55-52(51-62-63(59,60)61-50-49-56(3,4)5)53(57)47-45-43-41-39-37-35-33-31-29-27-25-23-21-19-17-15-13-11-9-7-2/h8,10,14,16,20,22,26,28,32,34,38,40,52-53,57H,6-7,9,11-13,15,17-19,21,23-25,27,29-31,33,35-37,39,41-51H2,1-5H3,(H-,55,58,59,60)/p+1/b10-8-,16-14-,22-20-,28-26-,34-32-,40-38-. The minimum absolute atomic E-state index is 0.0625. The second-order valence-corrected chi connectivity index (χ2v) is 20.0. The number of unbranched alkanes of at least 4 members (excludes halogenated alkanes) is 21. The van der Waals surface area contributed by atoms with E-state index in [1.54, 1.807) is 0 Å². The summed E-state index contributed by atoms with van der Waals surface area (Å²) in [4.78, 5) is 23.2. The molecule has 1 amide bonds. The topological polar surface area (TPSA) is 105 Å². The van der Waals surface area contributed by atoms with Crippen LogP contribution >= 0.6 is 7.82 Å². The Labute approximate surface area is 389 Å². The highest BCUT2D eigenvalue weighted by Crippen LogP contribution is 2.43. The summed E-state index contributed by atoms with van der Waals surface area (Å²) in [6, 6.07) is -0.788. The first-order valence-electron chi connectivity index (χ1n) is 25.8. The normalized spacial score (nSPS) is 14.7. The summed E-state index contributed by atoms with van der Waals surface area (Å²) in [6.45, 7) is 4.74. The molecule has 0 aromatic heterocycles. The number of nitrogens with one attached hydrogen (secondary N) is 1. The van der Waals surface area contributed by atoms with Crippen LogP contribution in [0, 0.1) is 0 Å². The van der Waals surface area contributed by atoms with Gasteiger partial charge >= 0.3 is 7.82 Å². The molecule has 0 heterocycles. The van der Waals surface area contributed by atoms with Gasteiger partial charge in [0.05, 0.1) is 39.9 Å². The van der Waals surface area contributed by atoms with Gasteiger partial charge in [0.2, 0.25) is 5.91 Å². The van der Waals surface area contributed by atoms with E-state index < -0.39 is 20.0 Å². The van der Waals surface area contributed by atoms with Crippen molar-refractivity contribution in [2.45, 2.75) is 225 Å². The molecule has 0 aliphatic rings. The van der Waals surface area contributed by atoms with E-state index in [2.05, 4.69) is 92.1 Å². The number of hydrogen-bond acceptors (Lipinski definition) is 5. The first-order valence-corrected chi connectivity index (χ1v) is 27.3. The van der Waals surface area contributed by atoms with Crippen molar-refractivity contribution in [1.29, 1.82) is 0 Å². The SMILES string of the molecule is CC/C=C\C/C=C\C/C=C\C/C=C\C/C=C\C/C=C\CCCCC(=O)NC(COP(=O)(O)OCC[N+](C)(C)C)C(O)CCCCCCCCCCCCCCCCCCCCCC. The molecule has 0 radical (unpaired) electrons. The fourth-order valence-electron chi connectivity index (χ4n) is 7.17. The van der Waals surface area contributed by atoms with Gasteiger partial charge in [-0.3, -0.25) is 13.8 Å². The maximum Gasteiger partial charge on any atom is 0.472 e. The molecular formula is C54H100N2O6P+. The Morgan fingerprint density at radius 3 is 1.37 bits per heavy atom. The number of carbonyl (C=O) groups is 1. The van der Waals surface area contributed by atoms with Gasteiger partial charge in [-0.2, -0.15) is 0 Å². The lowest BCUT2D eigenvalue weighted by Crippen LogP contribution is -2.46. The number of phosphoric ester groups is 1. The molecule has 0 rings (SSSR count). The maximum atomic E-state index is 12.9. The monoisotopic (exact) mass is 904 g/mol. The predicted octanol–water partition coefficient (Wildman–Crippen LogP) is 15.1. The summed E-state index contributed by atoms with van der Waals surface area (Å²) in [5.74, 6) is -0.187. The third kappa shape index (κ3) is 47.7. The van der Waals surface area contributed by atoms with Crippen molar-refractivity contribution in [3.8, 4) is 0 Å². The average Bonchev–Trinajstić information content (AvgIpc) is 3.24. The number of aliphatic hydroxyl groups excluding tert-OH is 1. The van der Waals surface area contributed by atoms with E-state index in [9.17, 15) is 19.4 Å². The summed E-state index contributed by atoms with van der Waals surface area (Å²) < 4.78 is 23.7. The van der Waals surface area contributed by atoms with E-state index in [4.69, 9.17) is 9.05 Å². The third-order valence-electron chi connectivity index (χ3n) is 11.2. The van der Waals surface area contributed by atoms with Gasteiger partial charge in [0, 0.05) is 6.42 Å². The van der Waals surface area contributed by atoms with Gasteiger partial charge in [-0.05, 0) is 64.2 Å². The fourth-order valence-corrected chi connectivity index (χ4v) is 7.90. The molecular weight excluding hydrogens is 804 g/mol. The molecule has 0 saturated carbocycles. The van der Waals surface area contributed by atoms with Crippen molar-refractivity contribution in [2.24, 2.45) is 0 Å². The number of nitrogens with zero attached hydrogens (tertiary/aromatic N) is 1. The van der Waals surface area contributed by atoms with E-state index in [0.717, 1.165) is 70.6 Å². The molecule has 9 heteroatoms. The highest BCUT2D eigenvalue weighted by Gasteiger charge is 2.28. The number of phosphoric acid groups is 1. The average molecular weight is 904 g/mol. The van der Waals surface area contributed by atoms with Crippen LogP contribution in [0.25, 0.3) is 0 Å². The van der Waals surface area contributed by atoms with Crippen LogP contribution in [0.2, 0.25) is 0 Å². The zero-order valence-electron chi connectivity index (χ0n) is 41.5. The summed E-state index contributed by atoms with van der Waals surface area (Å²) in [5.41, 5.74) is 0. The summed E-state index contributed by atoms with van der Waals surface area (Å²) >= 11 is 0. The molecule has 0 spiro atoms. The molecule has 0 saturated heterocycles. The van der Waals surface area contributed by atoms with Crippen molar-refractivity contribution >= 4 is 13.7 Å². The second kappa shape index (κ2) is 45.1. The molecule has 0 aromatic carbocycles. The van der Waals surface area contributed by atoms with E-state index in [-0.39, 0.29) is 19.1 Å². The van der Waals surface area contributed by atoms with Crippen LogP contribution in [0.1, 0.15) is 213 Å². The number of aliphatic hydroxyl groups is 1. The molecule has 0 aliphatic carbocycles. The van der Waals surface area contributed by atoms with Gasteiger partial charge in [-0.25, -0.2) is 4.57 Å². The van der Waals surface area contributed by atoms with Crippen LogP contribution < -0.4 is 5.32 Å². The highest BCUT2D eigenvalue weighted by atomic mass is 31.2. The first kappa shape index (κ1) is 60.9. The third-order valence-corrected chi connectivity index (χ3v) is 12.2. The predicted molar refractivity (Wildman–Crippen MR) is 272 cm³/mol. The summed E-state index contributed by atoms with van der Waals surface area (Å²) in [7, 11) is 1.58. The van der Waals surface area contributed by atoms with Gasteiger partial charge < -0.3 is 19.8 Å². The van der Waals surface area contributed by atoms with Crippen molar-refractivity contribution in [3.05, 3.63) is 72.9 Å². The molecule has 3 unspecified atom stereocenters. The maximum absolute atomic E-state index is 12.9. The molecule has 0 fully saturated rings. The molecule has 63 heavy (non-hydrogen) atoms. The Hall–Kier alpha value is -2.06. The number of quaternary nitrogens is 1. The Morgan fingerprint density at radius 1 is 0.556 bits per heavy atom. The van der Waals surface area contributed by atoms with Gasteiger partial charge in [0.25, 0.3) is 0 Å². The smallest absolute Gasteiger partial charge is 0.391 e. The lowest BCUT2D eigenvalue weighted by atomic mass is 10.0. The van der Waals surface area contributed by atoms with Gasteiger partial charge in [0.15, 0.2) is 0 Å². The Balaban J connectivity index is 4.37. The van der Waals surface area contributed by atoms with Gasteiger partial charge in [-0.1, -0.05) is 215 Å². The number of likely N-dealkylation sites (N-methyl/N-ethyl adjacent to an activating group) is 1. The Morgan fingerprint density at radius 2 is 0.952 bits per heavy atom. The van der Waals surface area contributed by atoms with Crippen LogP contribution in [0.5, 0.6) is 0 Å². The molecule has 0 bridgehead atoms. The van der Waals surface area contributed by atoms with Crippen molar-refractivity contribution in [3.63, 3.8) is 0 Å². The largest absolute Gasteiger partial charge is 0.472 e. The second-order valence-electron chi connectivity index (χ2n) is 18.5. The van der Waals surface area contributed by atoms with Crippen LogP contribution in [-0.4, -0.2) is 73.4 Å². The molecule has 0 aliphatic heterocycles. The quantitative estimate of drug-likeness (QED) is 0.0243. The minimum atomic E-state index is -4.34. The van der Waals surface area contributed by atoms with E-state index >= 15 is 0 Å². The first-order chi connectivity index (χ1) is 30.5. The Bertz CT molecular complexity index is 1250. The van der Waals surface area contributed by atoms with Gasteiger partial charge in [0.1, 0.15) is 13.2 Å². The minimum Gasteiger partial charge on any atom is -0.391 e. The number of rotatable bonds is 46. The zero-order valence-corrected chi connectivity index (χ0v) is 42.4. The van der Waals surface area contributed by atoms with Crippen LogP contribution in [0.3, 0.4) is 0 Å². The summed E-state index contributed by atoms with van der Waals surface area (Å²) in [5, 5.41) is 14.0. The van der Waals surface area contributed by atoms with Crippen molar-refractivity contribution in [2.75, 3.05) is 40.9 Å². The van der Waals surface area contributed by atoms with Crippen LogP contribution in [-0.2, 0) is 18.4 Å². The van der Waals surface area contributed by atoms with Crippen molar-refractivity contribution in [1.82, 2.24) is 5.32 Å². The van der Waals surface area contributed by atoms with Gasteiger partial charge in [-0.15, -0.1) is 0 Å². The van der Waals surface area contributed by atoms with E-state index in [1.807, 2.05) is 21.1 Å². The fraction of sp³-hybridized carbons (Fsp3) is 0.759. The molecule has 3 atom stereocenters. The van der Waals surface area contributed by atoms with Crippen LogP contribution in [0.4, 0.5) is 0 Å². The summed E-state index contributed by atoms with van der Waals surface area (Å²) in [6.07, 6.45) is 60.8. The Kier molecular flexibility index (Phi) is 43.6. The van der Waals surface area contributed by atoms with E-state index in [0.29, 0.717) is 30.3 Å². The number of amides is 1. The lowest BCUT2D eigenvalue weighted by Gasteiger charge is -2.26. The highest BCUT2D eigenvalue weighted by molar-refractivity contribution is 7.47. The number of hydrogen-bond donors (Lipinski definition) is 3. The lowest BCUT2D eigenvalue weighted by molar-refractivity contribution is -0.870. The molecule has 3 N–H and O–H groups in total. The molecule has 8 nitrogen and oxygen atoms in total. The molecule has 366 valence electrons. The van der Waals surface area contributed by atoms with Crippen LogP contribution in [0.15, 0.2) is 72.9 Å². The number of carbonyl (C=O) groups excluding carboxylic acids is 1. The molecule has 0 aromatic rings. The van der Waals surface area contributed by atoms with Crippen molar-refractivity contribution < 1.29 is 32.9 Å². The zero-order chi connectivity index (χ0) is 46.4. The van der Waals surface area contributed by atoms with E-state index in [1.165, 1.54) is 109 Å².